The molecule has 7 heteroatoms. The van der Waals surface area contributed by atoms with Gasteiger partial charge in [0.1, 0.15) is 0 Å². The summed E-state index contributed by atoms with van der Waals surface area (Å²) in [7, 11) is -3.84. The minimum absolute atomic E-state index is 0.330. The first kappa shape index (κ1) is 11.3. The van der Waals surface area contributed by atoms with Crippen LogP contribution in [0.2, 0.25) is 0 Å². The van der Waals surface area contributed by atoms with Crippen molar-refractivity contribution in [2.45, 2.75) is 6.92 Å². The van der Waals surface area contributed by atoms with E-state index in [2.05, 4.69) is 8.92 Å². The molecule has 6 nitrogen and oxygen atoms in total. The predicted octanol–water partition coefficient (Wildman–Crippen LogP) is -1.15. The Labute approximate surface area is 70.2 Å². The lowest BCUT2D eigenvalue weighted by Gasteiger charge is -2.03. The first-order chi connectivity index (χ1) is 5.48. The average Bonchev–Trinajstić information content (AvgIpc) is 1.98. The van der Waals surface area contributed by atoms with Crippen LogP contribution in [0.4, 0.5) is 0 Å². The molecule has 0 radical (unpaired) electrons. The van der Waals surface area contributed by atoms with E-state index in [1.165, 1.54) is 0 Å². The third-order valence-electron chi connectivity index (χ3n) is 0.761. The Hall–Kier alpha value is -0.660. The van der Waals surface area contributed by atoms with Gasteiger partial charge in [0.25, 0.3) is 0 Å². The monoisotopic (exact) mass is 198 g/mol. The van der Waals surface area contributed by atoms with Gasteiger partial charge in [-0.15, -0.1) is 0 Å². The Kier molecular flexibility index (Phi) is 4.79. The summed E-state index contributed by atoms with van der Waals surface area (Å²) in [5.41, 5.74) is 0. The number of hydrogen-bond donors (Lipinski definition) is 1. The van der Waals surface area contributed by atoms with Crippen molar-refractivity contribution >= 4 is 16.1 Å². The SMILES string of the molecule is CC(=O)OCS(=O)(=O)OCCO. The van der Waals surface area contributed by atoms with E-state index in [4.69, 9.17) is 5.11 Å². The van der Waals surface area contributed by atoms with Crippen LogP contribution in [-0.2, 0) is 23.8 Å². The Bertz CT molecular complexity index is 230. The molecular weight excluding hydrogens is 188 g/mol. The average molecular weight is 198 g/mol. The fourth-order valence-corrected chi connectivity index (χ4v) is 1.06. The highest BCUT2D eigenvalue weighted by Gasteiger charge is 2.12. The van der Waals surface area contributed by atoms with Crippen LogP contribution in [-0.4, -0.2) is 38.6 Å². The third kappa shape index (κ3) is 6.08. The first-order valence-corrected chi connectivity index (χ1v) is 4.67. The molecule has 0 saturated carbocycles. The predicted molar refractivity (Wildman–Crippen MR) is 38.6 cm³/mol. The van der Waals surface area contributed by atoms with Gasteiger partial charge >= 0.3 is 16.1 Å². The van der Waals surface area contributed by atoms with Crippen LogP contribution in [0.1, 0.15) is 6.92 Å². The lowest BCUT2D eigenvalue weighted by Crippen LogP contribution is -2.16. The lowest BCUT2D eigenvalue weighted by atomic mass is 10.8. The summed E-state index contributed by atoms with van der Waals surface area (Å²) in [5.74, 6) is -1.52. The molecule has 0 rings (SSSR count). The molecule has 12 heavy (non-hydrogen) atoms. The van der Waals surface area contributed by atoms with Crippen molar-refractivity contribution < 1.29 is 27.2 Å². The Morgan fingerprint density at radius 1 is 1.50 bits per heavy atom. The van der Waals surface area contributed by atoms with E-state index >= 15 is 0 Å². The van der Waals surface area contributed by atoms with Crippen molar-refractivity contribution in [3.8, 4) is 0 Å². The van der Waals surface area contributed by atoms with Crippen LogP contribution in [0.5, 0.6) is 0 Å². The van der Waals surface area contributed by atoms with Crippen LogP contribution < -0.4 is 0 Å². The maximum atomic E-state index is 10.7. The molecule has 0 fully saturated rings. The molecule has 1 N–H and O–H groups in total. The highest BCUT2D eigenvalue weighted by molar-refractivity contribution is 7.86. The van der Waals surface area contributed by atoms with E-state index in [1.807, 2.05) is 0 Å². The second kappa shape index (κ2) is 5.07. The van der Waals surface area contributed by atoms with Crippen LogP contribution >= 0.6 is 0 Å². The van der Waals surface area contributed by atoms with E-state index in [-0.39, 0.29) is 6.61 Å². The summed E-state index contributed by atoms with van der Waals surface area (Å²) in [6.45, 7) is 0.352. The smallest absolute Gasteiger partial charge is 0.303 e. The zero-order chi connectivity index (χ0) is 9.61. The van der Waals surface area contributed by atoms with Crippen LogP contribution in [0, 0.1) is 0 Å². The van der Waals surface area contributed by atoms with Crippen LogP contribution in [0.15, 0.2) is 0 Å². The molecule has 0 aliphatic heterocycles. The van der Waals surface area contributed by atoms with Gasteiger partial charge in [-0.1, -0.05) is 0 Å². The molecule has 0 aromatic carbocycles. The molecule has 0 aromatic heterocycles. The van der Waals surface area contributed by atoms with E-state index < -0.39 is 28.6 Å². The van der Waals surface area contributed by atoms with Crippen molar-refractivity contribution in [2.24, 2.45) is 0 Å². The summed E-state index contributed by atoms with van der Waals surface area (Å²) < 4.78 is 29.7. The fraction of sp³-hybridized carbons (Fsp3) is 0.800. The van der Waals surface area contributed by atoms with E-state index in [1.54, 1.807) is 0 Å². The Morgan fingerprint density at radius 3 is 2.50 bits per heavy atom. The van der Waals surface area contributed by atoms with Crippen molar-refractivity contribution in [1.29, 1.82) is 0 Å². The van der Waals surface area contributed by atoms with E-state index in [0.717, 1.165) is 6.92 Å². The zero-order valence-electron chi connectivity index (χ0n) is 6.52. The molecule has 0 aliphatic carbocycles. The van der Waals surface area contributed by atoms with Gasteiger partial charge in [-0.05, 0) is 0 Å². The number of hydrogen-bond acceptors (Lipinski definition) is 6. The van der Waals surface area contributed by atoms with Crippen LogP contribution in [0.3, 0.4) is 0 Å². The van der Waals surface area contributed by atoms with Gasteiger partial charge in [0.05, 0.1) is 13.2 Å². The quantitative estimate of drug-likeness (QED) is 0.443. The molecular formula is C5H10O6S. The molecule has 0 aromatic rings. The topological polar surface area (TPSA) is 89.9 Å². The van der Waals surface area contributed by atoms with Crippen molar-refractivity contribution in [2.75, 3.05) is 19.2 Å². The summed E-state index contributed by atoms with van der Waals surface area (Å²) in [6, 6.07) is 0. The maximum Gasteiger partial charge on any atom is 0.303 e. The maximum absolute atomic E-state index is 10.7. The summed E-state index contributed by atoms with van der Waals surface area (Å²) in [6.07, 6.45) is 0. The number of carbonyl (C=O) groups excluding carboxylic acids is 1. The number of ether oxygens (including phenoxy) is 1. The Morgan fingerprint density at radius 2 is 2.08 bits per heavy atom. The van der Waals surface area contributed by atoms with Gasteiger partial charge in [0.15, 0.2) is 0 Å². The molecule has 0 saturated heterocycles. The fourth-order valence-electron chi connectivity index (χ4n) is 0.353. The number of rotatable bonds is 5. The first-order valence-electron chi connectivity index (χ1n) is 3.09. The van der Waals surface area contributed by atoms with Crippen molar-refractivity contribution in [3.63, 3.8) is 0 Å². The van der Waals surface area contributed by atoms with Gasteiger partial charge in [0, 0.05) is 6.92 Å². The molecule has 0 aliphatic rings. The van der Waals surface area contributed by atoms with Crippen molar-refractivity contribution in [1.82, 2.24) is 0 Å². The van der Waals surface area contributed by atoms with Gasteiger partial charge in [0.2, 0.25) is 5.94 Å². The molecule has 0 unspecified atom stereocenters. The van der Waals surface area contributed by atoms with E-state index in [0.29, 0.717) is 0 Å². The van der Waals surface area contributed by atoms with Crippen molar-refractivity contribution in [3.05, 3.63) is 0 Å². The highest BCUT2D eigenvalue weighted by atomic mass is 32.2. The summed E-state index contributed by atoms with van der Waals surface area (Å²) in [4.78, 5) is 10.2. The highest BCUT2D eigenvalue weighted by Crippen LogP contribution is 1.93. The van der Waals surface area contributed by atoms with Gasteiger partial charge < -0.3 is 9.84 Å². The van der Waals surface area contributed by atoms with Gasteiger partial charge in [-0.25, -0.2) is 0 Å². The minimum atomic E-state index is -3.84. The second-order valence-electron chi connectivity index (χ2n) is 1.86. The molecule has 0 bridgehead atoms. The van der Waals surface area contributed by atoms with E-state index in [9.17, 15) is 13.2 Å². The number of aliphatic hydroxyl groups excluding tert-OH is 1. The third-order valence-corrected chi connectivity index (χ3v) is 1.69. The minimum Gasteiger partial charge on any atom is -0.447 e. The van der Waals surface area contributed by atoms with Gasteiger partial charge in [-0.3, -0.25) is 8.98 Å². The van der Waals surface area contributed by atoms with Crippen LogP contribution in [0.25, 0.3) is 0 Å². The molecule has 0 heterocycles. The number of carbonyl (C=O) groups is 1. The molecule has 0 atom stereocenters. The lowest BCUT2D eigenvalue weighted by molar-refractivity contribution is -0.139. The summed E-state index contributed by atoms with van der Waals surface area (Å²) in [5, 5.41) is 8.21. The number of esters is 1. The zero-order valence-corrected chi connectivity index (χ0v) is 7.33. The molecule has 0 amide bonds. The Balaban J connectivity index is 3.80. The normalized spacial score (nSPS) is 11.2. The largest absolute Gasteiger partial charge is 0.447 e. The van der Waals surface area contributed by atoms with Gasteiger partial charge in [-0.2, -0.15) is 8.42 Å². The second-order valence-corrected chi connectivity index (χ2v) is 3.44. The molecule has 72 valence electrons. The standard InChI is InChI=1S/C5H10O6S/c1-5(7)10-4-12(8,9)11-3-2-6/h6H,2-4H2,1H3. The summed E-state index contributed by atoms with van der Waals surface area (Å²) >= 11 is 0. The number of aliphatic hydroxyl groups is 1. The molecule has 0 spiro atoms.